The van der Waals surface area contributed by atoms with Gasteiger partial charge in [-0.3, -0.25) is 19.4 Å². The van der Waals surface area contributed by atoms with E-state index in [1.54, 1.807) is 29.7 Å². The van der Waals surface area contributed by atoms with Crippen LogP contribution in [0.4, 0.5) is 14.6 Å². The van der Waals surface area contributed by atoms with E-state index in [1.165, 1.54) is 17.0 Å². The normalized spacial score (nSPS) is 23.2. The molecule has 6 aromatic rings. The zero-order valence-corrected chi connectivity index (χ0v) is 49.4. The fourth-order valence-electron chi connectivity index (χ4n) is 14.2. The highest BCUT2D eigenvalue weighted by Crippen LogP contribution is 2.51. The molecular weight excluding hydrogens is 1070 g/mol. The second kappa shape index (κ2) is 22.5. The van der Waals surface area contributed by atoms with Gasteiger partial charge in [-0.2, -0.15) is 9.97 Å². The molecule has 6 fully saturated rings. The van der Waals surface area contributed by atoms with E-state index in [9.17, 15) is 24.6 Å². The Bertz CT molecular complexity index is 3430. The van der Waals surface area contributed by atoms with Gasteiger partial charge in [0.15, 0.2) is 5.82 Å². The van der Waals surface area contributed by atoms with Crippen molar-refractivity contribution in [3.63, 3.8) is 0 Å². The lowest BCUT2D eigenvalue weighted by atomic mass is 9.65. The summed E-state index contributed by atoms with van der Waals surface area (Å²) in [5, 5.41) is 33.2. The van der Waals surface area contributed by atoms with Crippen molar-refractivity contribution in [2.75, 3.05) is 50.8 Å². The molecule has 19 heteroatoms. The number of piperazine rings is 1. The molecule has 1 spiro atoms. The monoisotopic (exact) mass is 1150 g/mol. The molecule has 440 valence electrons. The van der Waals surface area contributed by atoms with Crippen LogP contribution in [0.1, 0.15) is 128 Å². The molecule has 2 bridgehead atoms. The van der Waals surface area contributed by atoms with Crippen LogP contribution in [0.3, 0.4) is 0 Å². The number of anilines is 1. The molecule has 2 saturated carbocycles. The van der Waals surface area contributed by atoms with E-state index in [1.807, 2.05) is 71.3 Å². The van der Waals surface area contributed by atoms with E-state index in [-0.39, 0.29) is 88.5 Å². The van der Waals surface area contributed by atoms with Gasteiger partial charge in [-0.1, -0.05) is 58.0 Å². The number of carbonyl (C=O) groups excluding carboxylic acids is 3. The fraction of sp³-hybridized carbons (Fsp3) is 0.547. The van der Waals surface area contributed by atoms with E-state index in [0.29, 0.717) is 59.2 Å². The van der Waals surface area contributed by atoms with Crippen LogP contribution in [-0.2, 0) is 20.8 Å². The van der Waals surface area contributed by atoms with Crippen molar-refractivity contribution in [1.29, 1.82) is 0 Å². The van der Waals surface area contributed by atoms with Gasteiger partial charge in [0.25, 0.3) is 0 Å². The van der Waals surface area contributed by atoms with E-state index in [4.69, 9.17) is 14.7 Å². The highest BCUT2D eigenvalue weighted by molar-refractivity contribution is 7.13. The maximum Gasteiger partial charge on any atom is 0.319 e. The van der Waals surface area contributed by atoms with Gasteiger partial charge in [0.2, 0.25) is 17.7 Å². The topological polar surface area (TPSA) is 198 Å². The van der Waals surface area contributed by atoms with E-state index in [0.717, 1.165) is 106 Å². The number of phenols is 1. The molecule has 12 rings (SSSR count). The van der Waals surface area contributed by atoms with E-state index >= 15 is 8.78 Å². The van der Waals surface area contributed by atoms with Crippen LogP contribution in [0.25, 0.3) is 43.4 Å². The van der Waals surface area contributed by atoms with Crippen molar-refractivity contribution < 1.29 is 38.1 Å². The average Bonchev–Trinajstić information content (AvgIpc) is 3.87. The minimum Gasteiger partial charge on any atom is -0.508 e. The van der Waals surface area contributed by atoms with Gasteiger partial charge in [0, 0.05) is 67.8 Å². The zero-order chi connectivity index (χ0) is 58.1. The lowest BCUT2D eigenvalue weighted by Crippen LogP contribution is -2.58. The number of nitrogens with one attached hydrogen (secondary N) is 3. The Hall–Kier alpha value is -6.41. The van der Waals surface area contributed by atoms with E-state index < -0.39 is 35.2 Å². The Morgan fingerprint density at radius 3 is 2.29 bits per heavy atom. The molecule has 2 aliphatic carbocycles. The molecule has 7 heterocycles. The number of piperidine rings is 1. The van der Waals surface area contributed by atoms with Gasteiger partial charge < -0.3 is 45.6 Å². The van der Waals surface area contributed by atoms with Crippen LogP contribution in [0.15, 0.2) is 60.2 Å². The van der Waals surface area contributed by atoms with Crippen LogP contribution in [0.5, 0.6) is 11.8 Å². The number of aliphatic hydroxyl groups excluding tert-OH is 1. The second-order valence-electron chi connectivity index (χ2n) is 26.2. The first-order chi connectivity index (χ1) is 39.8. The van der Waals surface area contributed by atoms with Crippen LogP contribution in [0.2, 0.25) is 0 Å². The second-order valence-corrected chi connectivity index (χ2v) is 27.0. The smallest absolute Gasteiger partial charge is 0.319 e. The van der Waals surface area contributed by atoms with Crippen molar-refractivity contribution in [2.45, 2.75) is 155 Å². The number of nitrogens with zero attached hydrogens (tertiary/aromatic N) is 7. The van der Waals surface area contributed by atoms with Gasteiger partial charge in [0.05, 0.1) is 40.2 Å². The predicted molar refractivity (Wildman–Crippen MR) is 317 cm³/mol. The number of benzene rings is 3. The zero-order valence-electron chi connectivity index (χ0n) is 48.6. The third-order valence-corrected chi connectivity index (χ3v) is 20.3. The van der Waals surface area contributed by atoms with Gasteiger partial charge in [0.1, 0.15) is 40.7 Å². The first-order valence-electron chi connectivity index (χ1n) is 30.0. The first-order valence-corrected chi connectivity index (χ1v) is 30.9. The van der Waals surface area contributed by atoms with Crippen LogP contribution in [-0.4, -0.2) is 134 Å². The third kappa shape index (κ3) is 11.5. The highest BCUT2D eigenvalue weighted by atomic mass is 32.1. The van der Waals surface area contributed by atoms with Gasteiger partial charge in [-0.25, -0.2) is 13.8 Å². The summed E-state index contributed by atoms with van der Waals surface area (Å²) in [6.45, 7) is 16.0. The first kappa shape index (κ1) is 57.0. The number of aliphatic hydroxyl groups is 1. The molecule has 6 atom stereocenters. The molecular formula is C64H78F2N10O6S. The number of thiazole rings is 1. The number of aromatic hydroxyl groups is 1. The number of hydrogen-bond donors (Lipinski definition) is 5. The van der Waals surface area contributed by atoms with Crippen molar-refractivity contribution in [2.24, 2.45) is 22.2 Å². The number of carbonyl (C=O) groups is 3. The Morgan fingerprint density at radius 2 is 1.63 bits per heavy atom. The standard InChI is InChI=1S/C64H78F2N10O6S/c1-7-46-49(65)15-12-41-26-44(77)27-47(51(41)46)53-52(66)54-48(29-67-53)57(75-30-42-13-14-43(31-75)70-42)73-61(71-54)82-34-64(20-21-64)33-74-24-22-63(23-25-74)18-16-40(17-19-63)58(79)72-56(62(4,5)6)60(81)76-32-45(78)28-50(76)59(80)69-36(2)38-8-10-39(11-9-38)55-37(3)68-35-83-55/h8-12,15,26-27,29,35-36,40,42-43,45,50,56,70,77-78H,7,13-14,16-25,28,30-34H2,1-6H3,(H,69,80)(H,72,79)/t36-,42?,43?,45+,50-,56+/m0/s1. The third-order valence-electron chi connectivity index (χ3n) is 19.3. The summed E-state index contributed by atoms with van der Waals surface area (Å²) >= 11 is 1.58. The molecule has 5 N–H and O–H groups in total. The number of pyridine rings is 1. The number of aryl methyl sites for hydroxylation is 2. The highest BCUT2D eigenvalue weighted by Gasteiger charge is 2.49. The molecule has 16 nitrogen and oxygen atoms in total. The largest absolute Gasteiger partial charge is 0.508 e. The van der Waals surface area contributed by atoms with Crippen LogP contribution >= 0.6 is 11.3 Å². The minimum atomic E-state index is -0.892. The van der Waals surface area contributed by atoms with Gasteiger partial charge in [-0.05, 0) is 154 Å². The molecule has 3 aromatic carbocycles. The molecule has 83 heavy (non-hydrogen) atoms. The number of phenolic OH excluding ortho intramolecular Hbond substituents is 1. The Kier molecular flexibility index (Phi) is 15.5. The van der Waals surface area contributed by atoms with Gasteiger partial charge >= 0.3 is 6.01 Å². The summed E-state index contributed by atoms with van der Waals surface area (Å²) in [5.41, 5.74) is 4.89. The number of fused-ring (bicyclic) bond motifs is 4. The number of rotatable bonds is 15. The molecule has 4 aliphatic heterocycles. The quantitative estimate of drug-likeness (QED) is 0.0652. The van der Waals surface area contributed by atoms with Crippen molar-refractivity contribution >= 4 is 56.6 Å². The van der Waals surface area contributed by atoms with Crippen LogP contribution < -0.4 is 25.6 Å². The summed E-state index contributed by atoms with van der Waals surface area (Å²) in [6.07, 6.45) is 10.7. The SMILES string of the molecule is CCc1c(F)ccc2cc(O)cc(-c3ncc4c(N5CC6CCC(C5)N6)nc(OCC5(CN6CCC7(CCC(C(=O)N[C@H](C(=O)N8C[C@H](O)C[C@H]8C(=O)N[C@@H](C)c8ccc(-c9scnc9C)cc8)C(C)(C)C)CC7)CC6)CC5)nc4c3F)c12. The Balaban J connectivity index is 0.668. The number of β-amino-alcohol motifs (C(OH)–C–C–N with tert-alkyl or cyclic N) is 1. The molecule has 6 aliphatic rings. The lowest BCUT2D eigenvalue weighted by molar-refractivity contribution is -0.145. The molecule has 2 unspecified atom stereocenters. The Morgan fingerprint density at radius 1 is 0.904 bits per heavy atom. The average molecular weight is 1150 g/mol. The maximum atomic E-state index is 17.3. The van der Waals surface area contributed by atoms with Crippen molar-refractivity contribution in [1.82, 2.24) is 45.7 Å². The molecule has 4 saturated heterocycles. The number of aromatic nitrogens is 4. The molecule has 3 amide bonds. The number of ether oxygens (including phenoxy) is 1. The molecule has 0 radical (unpaired) electrons. The molecule has 3 aromatic heterocycles. The summed E-state index contributed by atoms with van der Waals surface area (Å²) in [6, 6.07) is 12.5. The summed E-state index contributed by atoms with van der Waals surface area (Å²) in [7, 11) is 0. The van der Waals surface area contributed by atoms with Gasteiger partial charge in [-0.15, -0.1) is 11.3 Å². The number of likely N-dealkylation sites (tertiary alicyclic amines) is 2. The minimum absolute atomic E-state index is 0.0120. The summed E-state index contributed by atoms with van der Waals surface area (Å²) in [5.74, 6) is -1.66. The van der Waals surface area contributed by atoms with E-state index in [2.05, 4.69) is 35.7 Å². The fourth-order valence-corrected chi connectivity index (χ4v) is 15.0. The lowest BCUT2D eigenvalue weighted by Gasteiger charge is -2.46. The Labute approximate surface area is 488 Å². The summed E-state index contributed by atoms with van der Waals surface area (Å²) < 4.78 is 39.1. The number of amides is 3. The number of hydrogen-bond acceptors (Lipinski definition) is 14. The predicted octanol–water partition coefficient (Wildman–Crippen LogP) is 9.57. The summed E-state index contributed by atoms with van der Waals surface area (Å²) in [4.78, 5) is 68.7. The van der Waals surface area contributed by atoms with Crippen LogP contribution in [0, 0.1) is 40.7 Å². The maximum absolute atomic E-state index is 17.3. The van der Waals surface area contributed by atoms with Crippen molar-refractivity contribution in [3.05, 3.63) is 88.7 Å². The number of halogens is 2. The van der Waals surface area contributed by atoms with Crippen molar-refractivity contribution in [3.8, 4) is 33.5 Å².